The second-order valence-corrected chi connectivity index (χ2v) is 4.97. The Balaban J connectivity index is 1.51. The van der Waals surface area contributed by atoms with Gasteiger partial charge in [-0.3, -0.25) is 0 Å². The summed E-state index contributed by atoms with van der Waals surface area (Å²) in [4.78, 5) is 4.33. The van der Waals surface area contributed by atoms with Gasteiger partial charge >= 0.3 is 0 Å². The molecule has 1 aromatic heterocycles. The van der Waals surface area contributed by atoms with Gasteiger partial charge in [0.15, 0.2) is 0 Å². The molecule has 3 rings (SSSR count). The molecule has 0 saturated heterocycles. The summed E-state index contributed by atoms with van der Waals surface area (Å²) in [5.41, 5.74) is 0. The smallest absolute Gasteiger partial charge is 0.122 e. The van der Waals surface area contributed by atoms with Crippen LogP contribution in [0.5, 0.6) is 0 Å². The number of ether oxygens (including phenoxy) is 1. The summed E-state index contributed by atoms with van der Waals surface area (Å²) in [6, 6.07) is 0. The van der Waals surface area contributed by atoms with Crippen LogP contribution in [0.4, 0.5) is 0 Å². The maximum Gasteiger partial charge on any atom is 0.122 e. The van der Waals surface area contributed by atoms with Gasteiger partial charge in [0, 0.05) is 38.0 Å². The molecule has 16 heavy (non-hydrogen) atoms. The number of hydrogen-bond acceptors (Lipinski definition) is 3. The molecule has 0 aromatic carbocycles. The molecule has 1 N–H and O–H groups in total. The van der Waals surface area contributed by atoms with Crippen molar-refractivity contribution in [3.8, 4) is 0 Å². The highest BCUT2D eigenvalue weighted by Crippen LogP contribution is 2.28. The third-order valence-electron chi connectivity index (χ3n) is 3.38. The quantitative estimate of drug-likeness (QED) is 0.825. The number of fused-ring (bicyclic) bond motifs is 1. The van der Waals surface area contributed by atoms with Crippen LogP contribution in [0.2, 0.25) is 0 Å². The van der Waals surface area contributed by atoms with E-state index in [1.165, 1.54) is 12.8 Å². The number of nitrogens with one attached hydrogen (secondary N) is 1. The van der Waals surface area contributed by atoms with Crippen molar-refractivity contribution in [2.24, 2.45) is 11.8 Å². The van der Waals surface area contributed by atoms with Crippen molar-refractivity contribution in [1.29, 1.82) is 0 Å². The molecule has 4 nitrogen and oxygen atoms in total. The van der Waals surface area contributed by atoms with Gasteiger partial charge in [-0.15, -0.1) is 0 Å². The van der Waals surface area contributed by atoms with Crippen LogP contribution < -0.4 is 5.32 Å². The van der Waals surface area contributed by atoms with Crippen LogP contribution in [0.25, 0.3) is 0 Å². The molecule has 0 unspecified atom stereocenters. The fourth-order valence-electron chi connectivity index (χ4n) is 2.20. The molecule has 1 atom stereocenters. The second kappa shape index (κ2) is 4.55. The minimum Gasteiger partial charge on any atom is -0.381 e. The first kappa shape index (κ1) is 10.3. The summed E-state index contributed by atoms with van der Waals surface area (Å²) in [6.07, 6.45) is 6.68. The number of aromatic nitrogens is 2. The average Bonchev–Trinajstić information content (AvgIpc) is 3.04. The van der Waals surface area contributed by atoms with Crippen molar-refractivity contribution >= 4 is 0 Å². The van der Waals surface area contributed by atoms with E-state index in [0.29, 0.717) is 5.92 Å². The van der Waals surface area contributed by atoms with E-state index < -0.39 is 0 Å². The van der Waals surface area contributed by atoms with Gasteiger partial charge in [0.1, 0.15) is 5.82 Å². The predicted molar refractivity (Wildman–Crippen MR) is 61.0 cm³/mol. The summed E-state index contributed by atoms with van der Waals surface area (Å²) in [5.74, 6) is 2.58. The molecule has 0 radical (unpaired) electrons. The molecule has 2 heterocycles. The number of imidazole rings is 1. The lowest BCUT2D eigenvalue weighted by Crippen LogP contribution is -2.25. The molecule has 0 bridgehead atoms. The first-order valence-corrected chi connectivity index (χ1v) is 6.20. The van der Waals surface area contributed by atoms with Gasteiger partial charge in [-0.1, -0.05) is 0 Å². The third-order valence-corrected chi connectivity index (χ3v) is 3.38. The Hall–Kier alpha value is -0.870. The van der Waals surface area contributed by atoms with Crippen molar-refractivity contribution in [1.82, 2.24) is 14.9 Å². The van der Waals surface area contributed by atoms with Crippen LogP contribution >= 0.6 is 0 Å². The maximum absolute atomic E-state index is 5.77. The zero-order valence-corrected chi connectivity index (χ0v) is 9.56. The van der Waals surface area contributed by atoms with Crippen LogP contribution in [-0.4, -0.2) is 29.3 Å². The number of rotatable bonds is 4. The van der Waals surface area contributed by atoms with Crippen LogP contribution in [0.1, 0.15) is 18.7 Å². The van der Waals surface area contributed by atoms with E-state index in [4.69, 9.17) is 4.74 Å². The van der Waals surface area contributed by atoms with E-state index in [-0.39, 0.29) is 0 Å². The lowest BCUT2D eigenvalue weighted by atomic mass is 10.1. The highest BCUT2D eigenvalue weighted by atomic mass is 16.5. The van der Waals surface area contributed by atoms with Crippen molar-refractivity contribution in [3.63, 3.8) is 0 Å². The van der Waals surface area contributed by atoms with Crippen LogP contribution in [0, 0.1) is 11.8 Å². The Labute approximate surface area is 96.0 Å². The summed E-state index contributed by atoms with van der Waals surface area (Å²) in [5, 5.41) is 3.43. The topological polar surface area (TPSA) is 39.1 Å². The summed E-state index contributed by atoms with van der Waals surface area (Å²) >= 11 is 0. The minimum atomic E-state index is 0.578. The van der Waals surface area contributed by atoms with Gasteiger partial charge in [-0.05, 0) is 18.8 Å². The fraction of sp³-hybridized carbons (Fsp3) is 0.750. The molecule has 1 aliphatic heterocycles. The molecule has 2 aliphatic rings. The molecule has 4 heteroatoms. The van der Waals surface area contributed by atoms with Crippen LogP contribution in [-0.2, 0) is 17.8 Å². The molecule has 1 fully saturated rings. The molecular weight excluding hydrogens is 202 g/mol. The van der Waals surface area contributed by atoms with Crippen LogP contribution in [0.15, 0.2) is 12.4 Å². The van der Waals surface area contributed by atoms with Gasteiger partial charge in [0.05, 0.1) is 13.2 Å². The third kappa shape index (κ3) is 2.44. The van der Waals surface area contributed by atoms with Crippen molar-refractivity contribution in [3.05, 3.63) is 18.2 Å². The second-order valence-electron chi connectivity index (χ2n) is 4.97. The predicted octanol–water partition coefficient (Wildman–Crippen LogP) is 1.03. The Morgan fingerprint density at radius 2 is 2.25 bits per heavy atom. The van der Waals surface area contributed by atoms with Gasteiger partial charge in [-0.25, -0.2) is 4.98 Å². The van der Waals surface area contributed by atoms with E-state index in [2.05, 4.69) is 21.1 Å². The summed E-state index contributed by atoms with van der Waals surface area (Å²) in [7, 11) is 0. The van der Waals surface area contributed by atoms with E-state index >= 15 is 0 Å². The normalized spacial score (nSPS) is 25.1. The minimum absolute atomic E-state index is 0.578. The van der Waals surface area contributed by atoms with Gasteiger partial charge < -0.3 is 14.6 Å². The molecule has 1 aliphatic carbocycles. The monoisotopic (exact) mass is 221 g/mol. The molecule has 1 aromatic rings. The number of nitrogens with zero attached hydrogens (tertiary/aromatic N) is 2. The lowest BCUT2D eigenvalue weighted by Gasteiger charge is -2.15. The summed E-state index contributed by atoms with van der Waals surface area (Å²) < 4.78 is 8.01. The average molecular weight is 221 g/mol. The van der Waals surface area contributed by atoms with Gasteiger partial charge in [0.2, 0.25) is 0 Å². The lowest BCUT2D eigenvalue weighted by molar-refractivity contribution is 0.0866. The van der Waals surface area contributed by atoms with Crippen molar-refractivity contribution in [2.45, 2.75) is 25.9 Å². The maximum atomic E-state index is 5.77. The molecule has 1 saturated carbocycles. The van der Waals surface area contributed by atoms with E-state index in [1.54, 1.807) is 0 Å². The molecule has 0 amide bonds. The zero-order chi connectivity index (χ0) is 10.8. The number of hydrogen-bond donors (Lipinski definition) is 1. The Morgan fingerprint density at radius 1 is 1.38 bits per heavy atom. The molecule has 88 valence electrons. The van der Waals surface area contributed by atoms with Gasteiger partial charge in [0.25, 0.3) is 0 Å². The van der Waals surface area contributed by atoms with Crippen molar-refractivity contribution < 1.29 is 4.74 Å². The van der Waals surface area contributed by atoms with Gasteiger partial charge in [-0.2, -0.15) is 0 Å². The SMILES string of the molecule is c1cn2c(n1)CNC[C@@H](COCC1CC1)C2. The van der Waals surface area contributed by atoms with E-state index in [9.17, 15) is 0 Å². The van der Waals surface area contributed by atoms with E-state index in [1.807, 2.05) is 6.20 Å². The van der Waals surface area contributed by atoms with E-state index in [0.717, 1.165) is 44.6 Å². The van der Waals surface area contributed by atoms with Crippen molar-refractivity contribution in [2.75, 3.05) is 19.8 Å². The Morgan fingerprint density at radius 3 is 3.12 bits per heavy atom. The first-order chi connectivity index (χ1) is 7.92. The highest BCUT2D eigenvalue weighted by Gasteiger charge is 2.22. The standard InChI is InChI=1S/C12H19N3O/c1-2-10(1)8-16-9-11-5-13-6-12-14-3-4-15(12)7-11/h3-4,10-11,13H,1-2,5-9H2/t11-/m1/s1. The molecule has 0 spiro atoms. The highest BCUT2D eigenvalue weighted by molar-refractivity contribution is 4.94. The largest absolute Gasteiger partial charge is 0.381 e. The Bertz CT molecular complexity index is 346. The molecular formula is C12H19N3O. The first-order valence-electron chi connectivity index (χ1n) is 6.20. The zero-order valence-electron chi connectivity index (χ0n) is 9.56. The summed E-state index contributed by atoms with van der Waals surface area (Å²) in [6.45, 7) is 4.79. The Kier molecular flexibility index (Phi) is 2.93. The fourth-order valence-corrected chi connectivity index (χ4v) is 2.20. The van der Waals surface area contributed by atoms with Crippen LogP contribution in [0.3, 0.4) is 0 Å².